The fourth-order valence-electron chi connectivity index (χ4n) is 1.87. The van der Waals surface area contributed by atoms with E-state index in [9.17, 15) is 4.79 Å². The van der Waals surface area contributed by atoms with Crippen LogP contribution in [0.4, 0.5) is 0 Å². The second-order valence-electron chi connectivity index (χ2n) is 4.43. The Bertz CT molecular complexity index is 413. The van der Waals surface area contributed by atoms with Crippen LogP contribution in [0.25, 0.3) is 0 Å². The predicted molar refractivity (Wildman–Crippen MR) is 72.5 cm³/mol. The molecule has 1 fully saturated rings. The second kappa shape index (κ2) is 6.54. The Hall–Kier alpha value is -0.590. The van der Waals surface area contributed by atoms with Crippen molar-refractivity contribution in [1.82, 2.24) is 4.98 Å². The number of nitrogens with zero attached hydrogens (tertiary/aromatic N) is 1. The lowest BCUT2D eigenvalue weighted by Crippen LogP contribution is -2.17. The highest BCUT2D eigenvalue weighted by Gasteiger charge is 2.16. The van der Waals surface area contributed by atoms with Crippen molar-refractivity contribution in [1.29, 1.82) is 0 Å². The summed E-state index contributed by atoms with van der Waals surface area (Å²) in [5.74, 6) is 0.974. The summed E-state index contributed by atoms with van der Waals surface area (Å²) in [6, 6.07) is 0. The van der Waals surface area contributed by atoms with Crippen LogP contribution in [-0.4, -0.2) is 35.0 Å². The van der Waals surface area contributed by atoms with E-state index < -0.39 is 5.97 Å². The van der Waals surface area contributed by atoms with Crippen LogP contribution in [0.1, 0.15) is 23.4 Å². The largest absolute Gasteiger partial charge is 0.481 e. The van der Waals surface area contributed by atoms with Crippen molar-refractivity contribution in [3.8, 4) is 0 Å². The van der Waals surface area contributed by atoms with E-state index in [0.717, 1.165) is 46.7 Å². The molecule has 0 atom stereocenters. The van der Waals surface area contributed by atoms with E-state index in [2.05, 4.69) is 4.98 Å². The Morgan fingerprint density at radius 1 is 1.56 bits per heavy atom. The first-order chi connectivity index (χ1) is 8.65. The van der Waals surface area contributed by atoms with Crippen molar-refractivity contribution in [3.05, 3.63) is 10.6 Å². The van der Waals surface area contributed by atoms with Crippen molar-refractivity contribution in [2.24, 2.45) is 5.92 Å². The fraction of sp³-hybridized carbons (Fsp3) is 0.667. The first-order valence-corrected chi connectivity index (χ1v) is 7.84. The molecule has 1 aliphatic heterocycles. The van der Waals surface area contributed by atoms with Crippen LogP contribution in [-0.2, 0) is 16.0 Å². The van der Waals surface area contributed by atoms with Crippen molar-refractivity contribution in [3.63, 3.8) is 0 Å². The number of carboxylic acids is 1. The van der Waals surface area contributed by atoms with Gasteiger partial charge in [0.15, 0.2) is 0 Å². The Morgan fingerprint density at radius 3 is 2.94 bits per heavy atom. The standard InChI is InChI=1S/C12H17NO3S2/c1-8-10(6-11(14)15)18-12(13-8)17-7-9-2-4-16-5-3-9/h9H,2-7H2,1H3,(H,14,15). The Kier molecular flexibility index (Phi) is 5.03. The molecule has 0 amide bonds. The van der Waals surface area contributed by atoms with E-state index in [0.29, 0.717) is 5.92 Å². The normalized spacial score (nSPS) is 16.9. The third-order valence-corrected chi connectivity index (χ3v) is 5.50. The first-order valence-electron chi connectivity index (χ1n) is 6.04. The number of thioether (sulfide) groups is 1. The highest BCUT2D eigenvalue weighted by molar-refractivity contribution is 8.01. The van der Waals surface area contributed by atoms with E-state index in [4.69, 9.17) is 9.84 Å². The molecule has 1 aliphatic rings. The topological polar surface area (TPSA) is 59.4 Å². The zero-order valence-corrected chi connectivity index (χ0v) is 12.0. The molecule has 0 spiro atoms. The van der Waals surface area contributed by atoms with Crippen LogP contribution in [0.3, 0.4) is 0 Å². The van der Waals surface area contributed by atoms with Gasteiger partial charge in [0.1, 0.15) is 4.34 Å². The molecule has 0 aliphatic carbocycles. The molecule has 1 aromatic rings. The molecule has 1 saturated heterocycles. The molecule has 6 heteroatoms. The first kappa shape index (κ1) is 13.8. The number of aryl methyl sites for hydroxylation is 1. The third-order valence-electron chi connectivity index (χ3n) is 2.97. The molecular weight excluding hydrogens is 270 g/mol. The van der Waals surface area contributed by atoms with Crippen LogP contribution in [0.15, 0.2) is 4.34 Å². The number of aliphatic carboxylic acids is 1. The van der Waals surface area contributed by atoms with Gasteiger partial charge in [-0.15, -0.1) is 11.3 Å². The fourth-order valence-corrected chi connectivity index (χ4v) is 4.30. The minimum atomic E-state index is -0.789. The smallest absolute Gasteiger partial charge is 0.308 e. The number of rotatable bonds is 5. The summed E-state index contributed by atoms with van der Waals surface area (Å²) < 4.78 is 6.33. The van der Waals surface area contributed by atoms with E-state index in [-0.39, 0.29) is 6.42 Å². The van der Waals surface area contributed by atoms with Crippen LogP contribution in [0, 0.1) is 12.8 Å². The number of hydrogen-bond acceptors (Lipinski definition) is 5. The molecule has 100 valence electrons. The summed E-state index contributed by atoms with van der Waals surface area (Å²) >= 11 is 3.26. The average Bonchev–Trinajstić information content (AvgIpc) is 2.68. The Balaban J connectivity index is 1.87. The van der Waals surface area contributed by atoms with Gasteiger partial charge in [-0.2, -0.15) is 0 Å². The van der Waals surface area contributed by atoms with Gasteiger partial charge in [0.05, 0.1) is 12.1 Å². The zero-order valence-electron chi connectivity index (χ0n) is 10.3. The lowest BCUT2D eigenvalue weighted by molar-refractivity contribution is -0.136. The monoisotopic (exact) mass is 287 g/mol. The maximum atomic E-state index is 10.7. The Morgan fingerprint density at radius 2 is 2.28 bits per heavy atom. The molecule has 2 rings (SSSR count). The van der Waals surface area contributed by atoms with Gasteiger partial charge in [-0.25, -0.2) is 4.98 Å². The van der Waals surface area contributed by atoms with Gasteiger partial charge in [-0.1, -0.05) is 11.8 Å². The number of aromatic nitrogens is 1. The molecule has 0 saturated carbocycles. The number of carboxylic acid groups (broad SMARTS) is 1. The van der Waals surface area contributed by atoms with Crippen molar-refractivity contribution >= 4 is 29.1 Å². The number of ether oxygens (including phenoxy) is 1. The van der Waals surface area contributed by atoms with Gasteiger partial charge in [0.25, 0.3) is 0 Å². The van der Waals surface area contributed by atoms with E-state index in [1.807, 2.05) is 6.92 Å². The predicted octanol–water partition coefficient (Wildman–Crippen LogP) is 2.60. The zero-order chi connectivity index (χ0) is 13.0. The minimum Gasteiger partial charge on any atom is -0.481 e. The summed E-state index contributed by atoms with van der Waals surface area (Å²) in [5.41, 5.74) is 0.858. The van der Waals surface area contributed by atoms with Gasteiger partial charge >= 0.3 is 5.97 Å². The Labute approximate surface area is 115 Å². The molecule has 4 nitrogen and oxygen atoms in total. The maximum absolute atomic E-state index is 10.7. The SMILES string of the molecule is Cc1nc(SCC2CCOCC2)sc1CC(=O)O. The molecule has 0 aromatic carbocycles. The van der Waals surface area contributed by atoms with E-state index >= 15 is 0 Å². The third kappa shape index (κ3) is 3.96. The molecular formula is C12H17NO3S2. The van der Waals surface area contributed by atoms with Crippen LogP contribution < -0.4 is 0 Å². The molecule has 1 N–H and O–H groups in total. The maximum Gasteiger partial charge on any atom is 0.308 e. The number of carbonyl (C=O) groups is 1. The summed E-state index contributed by atoms with van der Waals surface area (Å²) in [6.45, 7) is 3.62. The van der Waals surface area contributed by atoms with Crippen LogP contribution in [0.2, 0.25) is 0 Å². The van der Waals surface area contributed by atoms with Gasteiger partial charge in [0.2, 0.25) is 0 Å². The lowest BCUT2D eigenvalue weighted by atomic mass is 10.0. The van der Waals surface area contributed by atoms with Gasteiger partial charge in [-0.3, -0.25) is 4.79 Å². The second-order valence-corrected chi connectivity index (χ2v) is 6.78. The van der Waals surface area contributed by atoms with E-state index in [1.165, 1.54) is 11.3 Å². The van der Waals surface area contributed by atoms with Gasteiger partial charge in [0, 0.05) is 23.8 Å². The van der Waals surface area contributed by atoms with Crippen molar-refractivity contribution < 1.29 is 14.6 Å². The molecule has 1 aromatic heterocycles. The van der Waals surface area contributed by atoms with Crippen LogP contribution >= 0.6 is 23.1 Å². The number of hydrogen-bond donors (Lipinski definition) is 1. The van der Waals surface area contributed by atoms with Gasteiger partial charge < -0.3 is 9.84 Å². The van der Waals surface area contributed by atoms with Gasteiger partial charge in [-0.05, 0) is 25.7 Å². The highest BCUT2D eigenvalue weighted by Crippen LogP contribution is 2.31. The average molecular weight is 287 g/mol. The summed E-state index contributed by atoms with van der Waals surface area (Å²) in [4.78, 5) is 16.0. The number of thiazole rings is 1. The van der Waals surface area contributed by atoms with Crippen molar-refractivity contribution in [2.75, 3.05) is 19.0 Å². The quantitative estimate of drug-likeness (QED) is 0.844. The summed E-state index contributed by atoms with van der Waals surface area (Å²) in [5, 5.41) is 8.79. The molecule has 2 heterocycles. The summed E-state index contributed by atoms with van der Waals surface area (Å²) in [6.07, 6.45) is 2.33. The molecule has 0 bridgehead atoms. The summed E-state index contributed by atoms with van der Waals surface area (Å²) in [7, 11) is 0. The highest BCUT2D eigenvalue weighted by atomic mass is 32.2. The molecule has 0 unspecified atom stereocenters. The van der Waals surface area contributed by atoms with Crippen LogP contribution in [0.5, 0.6) is 0 Å². The van der Waals surface area contributed by atoms with Crippen molar-refractivity contribution in [2.45, 2.75) is 30.5 Å². The minimum absolute atomic E-state index is 0.0847. The lowest BCUT2D eigenvalue weighted by Gasteiger charge is -2.20. The molecule has 18 heavy (non-hydrogen) atoms. The van der Waals surface area contributed by atoms with E-state index in [1.54, 1.807) is 11.8 Å². The molecule has 0 radical (unpaired) electrons.